The van der Waals surface area contributed by atoms with Crippen LogP contribution in [0.3, 0.4) is 0 Å². The molecule has 0 radical (unpaired) electrons. The van der Waals surface area contributed by atoms with Crippen LogP contribution in [0.5, 0.6) is 0 Å². The highest BCUT2D eigenvalue weighted by Crippen LogP contribution is 2.72. The van der Waals surface area contributed by atoms with Crippen molar-refractivity contribution in [2.75, 3.05) is 0 Å². The summed E-state index contributed by atoms with van der Waals surface area (Å²) in [6.45, 7) is 15.4. The van der Waals surface area contributed by atoms with Crippen molar-refractivity contribution in [2.45, 2.75) is 124 Å². The molecule has 0 amide bonds. The van der Waals surface area contributed by atoms with Gasteiger partial charge in [0.25, 0.3) is 0 Å². The van der Waals surface area contributed by atoms with Gasteiger partial charge >= 0.3 is 0 Å². The summed E-state index contributed by atoms with van der Waals surface area (Å²) < 4.78 is 6.11. The third kappa shape index (κ3) is 3.44. The van der Waals surface area contributed by atoms with Crippen molar-refractivity contribution in [2.24, 2.45) is 51.8 Å². The maximum Gasteiger partial charge on any atom is 0.170 e. The average molecular weight is 461 g/mol. The van der Waals surface area contributed by atoms with Crippen LogP contribution in [0.25, 0.3) is 0 Å². The van der Waals surface area contributed by atoms with E-state index < -0.39 is 5.60 Å². The van der Waals surface area contributed by atoms with Gasteiger partial charge in [-0.3, -0.25) is 4.79 Å². The number of aliphatic hydroxyl groups is 2. The van der Waals surface area contributed by atoms with Gasteiger partial charge < -0.3 is 14.9 Å². The molecule has 188 valence electrons. The van der Waals surface area contributed by atoms with E-state index in [1.807, 2.05) is 13.8 Å². The lowest BCUT2D eigenvalue weighted by Gasteiger charge is -2.64. The molecule has 11 atom stereocenters. The number of hydrogen-bond acceptors (Lipinski definition) is 4. The Kier molecular flexibility index (Phi) is 5.53. The molecule has 5 rings (SSSR count). The number of ether oxygens (including phenoxy) is 1. The molecule has 33 heavy (non-hydrogen) atoms. The molecule has 5 fully saturated rings. The Morgan fingerprint density at radius 3 is 2.48 bits per heavy atom. The largest absolute Gasteiger partial charge is 0.393 e. The monoisotopic (exact) mass is 460 g/mol. The molecule has 0 aromatic heterocycles. The maximum absolute atomic E-state index is 13.0. The van der Waals surface area contributed by atoms with Crippen LogP contribution >= 0.6 is 0 Å². The molecule has 1 heterocycles. The van der Waals surface area contributed by atoms with Gasteiger partial charge in [0, 0.05) is 10.8 Å². The number of epoxide rings is 1. The van der Waals surface area contributed by atoms with Gasteiger partial charge in [0.05, 0.1) is 17.8 Å². The molecule has 0 aromatic carbocycles. The van der Waals surface area contributed by atoms with Crippen molar-refractivity contribution >= 4 is 5.78 Å². The van der Waals surface area contributed by atoms with Gasteiger partial charge in [0.15, 0.2) is 5.78 Å². The first-order valence-corrected chi connectivity index (χ1v) is 13.8. The van der Waals surface area contributed by atoms with Crippen molar-refractivity contribution in [1.82, 2.24) is 0 Å². The fraction of sp³-hybridized carbons (Fsp3) is 0.966. The second kappa shape index (κ2) is 7.53. The molecule has 5 aliphatic rings. The summed E-state index contributed by atoms with van der Waals surface area (Å²) in [6.07, 6.45) is 8.27. The average Bonchev–Trinajstić information content (AvgIpc) is 3.42. The van der Waals surface area contributed by atoms with Crippen LogP contribution in [0, 0.1) is 51.8 Å². The lowest BCUT2D eigenvalue weighted by Crippen LogP contribution is -2.64. The van der Waals surface area contributed by atoms with E-state index in [1.165, 1.54) is 19.3 Å². The van der Waals surface area contributed by atoms with E-state index in [0.29, 0.717) is 41.3 Å². The van der Waals surface area contributed by atoms with Gasteiger partial charge in [-0.1, -0.05) is 47.5 Å². The first kappa shape index (κ1) is 24.3. The fourth-order valence-electron chi connectivity index (χ4n) is 10.2. The molecule has 4 nitrogen and oxygen atoms in total. The molecule has 0 bridgehead atoms. The predicted molar refractivity (Wildman–Crippen MR) is 130 cm³/mol. The van der Waals surface area contributed by atoms with E-state index in [1.54, 1.807) is 0 Å². The summed E-state index contributed by atoms with van der Waals surface area (Å²) in [6, 6.07) is 0. The number of ketones is 1. The number of Topliss-reactive ketones (excluding diaryl/α,β-unsaturated/α-hetero) is 1. The Morgan fingerprint density at radius 2 is 1.82 bits per heavy atom. The topological polar surface area (TPSA) is 70.1 Å². The number of rotatable bonds is 5. The molecular weight excluding hydrogens is 412 g/mol. The lowest BCUT2D eigenvalue weighted by molar-refractivity contribution is -0.184. The van der Waals surface area contributed by atoms with Crippen LogP contribution in [0.4, 0.5) is 0 Å². The van der Waals surface area contributed by atoms with Crippen molar-refractivity contribution in [3.63, 3.8) is 0 Å². The summed E-state index contributed by atoms with van der Waals surface area (Å²) in [4.78, 5) is 13.0. The molecule has 0 unspecified atom stereocenters. The Morgan fingerprint density at radius 1 is 1.12 bits per heavy atom. The number of aliphatic hydroxyl groups excluding tert-OH is 1. The molecule has 1 aliphatic heterocycles. The summed E-state index contributed by atoms with van der Waals surface area (Å²) in [5.41, 5.74) is -0.737. The number of fused-ring (bicyclic) bond motifs is 7. The van der Waals surface area contributed by atoms with Crippen LogP contribution in [-0.2, 0) is 9.53 Å². The highest BCUT2D eigenvalue weighted by Gasteiger charge is 2.74. The quantitative estimate of drug-likeness (QED) is 0.540. The predicted octanol–water partition coefficient (Wildman–Crippen LogP) is 5.39. The van der Waals surface area contributed by atoms with Gasteiger partial charge in [0.1, 0.15) is 6.10 Å². The van der Waals surface area contributed by atoms with Crippen LogP contribution < -0.4 is 0 Å². The minimum atomic E-state index is -0.590. The van der Waals surface area contributed by atoms with E-state index in [4.69, 9.17) is 4.74 Å². The Hall–Kier alpha value is -0.450. The Balaban J connectivity index is 1.38. The van der Waals surface area contributed by atoms with E-state index >= 15 is 0 Å². The lowest BCUT2D eigenvalue weighted by atomic mass is 9.40. The van der Waals surface area contributed by atoms with Crippen molar-refractivity contribution in [1.29, 1.82) is 0 Å². The normalized spacial score (nSPS) is 51.2. The molecule has 2 N–H and O–H groups in total. The third-order valence-electron chi connectivity index (χ3n) is 11.8. The molecule has 0 spiro atoms. The zero-order chi connectivity index (χ0) is 24.1. The van der Waals surface area contributed by atoms with Gasteiger partial charge in [0.2, 0.25) is 0 Å². The van der Waals surface area contributed by atoms with Gasteiger partial charge in [-0.2, -0.15) is 0 Å². The SMILES string of the molecule is C[C@@H](CCCC(C)(C)O)[C@H]1CC[C@@]2(C)[C@@H]1[C@H](O)C[C@H]1[C@H]2CC[C@@H]2C(C)(C)C(=O)[C@@H]3O[C@@H]3[C@@]21C. The number of hydrogen-bond donors (Lipinski definition) is 2. The maximum atomic E-state index is 13.0. The first-order chi connectivity index (χ1) is 15.2. The van der Waals surface area contributed by atoms with Crippen LogP contribution in [0.1, 0.15) is 99.8 Å². The number of carbonyl (C=O) groups is 1. The number of carbonyl (C=O) groups excluding carboxylic acids is 1. The van der Waals surface area contributed by atoms with E-state index in [2.05, 4.69) is 34.6 Å². The minimum Gasteiger partial charge on any atom is -0.393 e. The molecule has 1 saturated heterocycles. The Bertz CT molecular complexity index is 798. The van der Waals surface area contributed by atoms with Crippen LogP contribution in [0.2, 0.25) is 0 Å². The summed E-state index contributed by atoms with van der Waals surface area (Å²) in [5, 5.41) is 21.8. The second-order valence-corrected chi connectivity index (χ2v) is 14.5. The highest BCUT2D eigenvalue weighted by molar-refractivity contribution is 5.92. The molecule has 4 saturated carbocycles. The molecular formula is C29H48O4. The molecule has 4 aliphatic carbocycles. The van der Waals surface area contributed by atoms with Crippen molar-refractivity contribution in [3.05, 3.63) is 0 Å². The molecule has 0 aromatic rings. The van der Waals surface area contributed by atoms with Gasteiger partial charge in [-0.05, 0) is 93.3 Å². The zero-order valence-corrected chi connectivity index (χ0v) is 22.1. The standard InChI is InChI=1S/C29H48O4/c1-16(9-8-13-26(2,3)32)17-12-14-28(6)18-10-11-21-27(4,5)24(31)23-25(33-23)29(21,7)19(18)15-20(30)22(17)28/h16-23,25,30,32H,8-15H2,1-7H3/t16-,17+,18+,19-,20+,21+,22-,23-,25-,28+,29+/m0/s1. The summed E-state index contributed by atoms with van der Waals surface area (Å²) >= 11 is 0. The molecule has 4 heteroatoms. The zero-order valence-electron chi connectivity index (χ0n) is 22.1. The van der Waals surface area contributed by atoms with Gasteiger partial charge in [-0.25, -0.2) is 0 Å². The van der Waals surface area contributed by atoms with E-state index in [9.17, 15) is 15.0 Å². The fourth-order valence-corrected chi connectivity index (χ4v) is 10.2. The second-order valence-electron chi connectivity index (χ2n) is 14.5. The van der Waals surface area contributed by atoms with Crippen molar-refractivity contribution in [3.8, 4) is 0 Å². The van der Waals surface area contributed by atoms with E-state index in [-0.39, 0.29) is 34.6 Å². The first-order valence-electron chi connectivity index (χ1n) is 13.8. The van der Waals surface area contributed by atoms with E-state index in [0.717, 1.165) is 32.1 Å². The minimum absolute atomic E-state index is 0.00361. The van der Waals surface area contributed by atoms with Crippen molar-refractivity contribution < 1.29 is 19.7 Å². The summed E-state index contributed by atoms with van der Waals surface area (Å²) in [5.74, 6) is 3.27. The van der Waals surface area contributed by atoms with Crippen LogP contribution in [0.15, 0.2) is 0 Å². The van der Waals surface area contributed by atoms with Crippen LogP contribution in [-0.4, -0.2) is 39.9 Å². The summed E-state index contributed by atoms with van der Waals surface area (Å²) in [7, 11) is 0. The Labute approximate surface area is 201 Å². The smallest absolute Gasteiger partial charge is 0.170 e. The third-order valence-corrected chi connectivity index (χ3v) is 11.8. The van der Waals surface area contributed by atoms with Gasteiger partial charge in [-0.15, -0.1) is 0 Å². The highest BCUT2D eigenvalue weighted by atomic mass is 16.6.